The molecule has 2 rings (SSSR count). The number of halogens is 2. The van der Waals surface area contributed by atoms with E-state index in [1.165, 1.54) is 6.20 Å². The first-order valence-corrected chi connectivity index (χ1v) is 6.48. The van der Waals surface area contributed by atoms with Crippen molar-refractivity contribution >= 4 is 49.2 Å². The van der Waals surface area contributed by atoms with Crippen molar-refractivity contribution in [1.29, 1.82) is 0 Å². The molecule has 0 saturated heterocycles. The Hall–Kier alpha value is -0.790. The normalized spacial score (nSPS) is 10.4. The van der Waals surface area contributed by atoms with Gasteiger partial charge in [-0.15, -0.1) is 11.3 Å². The number of carboxylic acids is 1. The molecular weight excluding hydrogens is 360 g/mol. The molecule has 0 aliphatic rings. The molecule has 0 unspecified atom stereocenters. The zero-order valence-electron chi connectivity index (χ0n) is 7.65. The van der Waals surface area contributed by atoms with Crippen LogP contribution in [0.15, 0.2) is 27.4 Å². The molecule has 0 bridgehead atoms. The number of hydrogen-bond acceptors (Lipinski definition) is 4. The van der Waals surface area contributed by atoms with Crippen LogP contribution in [0.4, 0.5) is 0 Å². The topological polar surface area (TPSA) is 63.1 Å². The zero-order chi connectivity index (χ0) is 11.7. The van der Waals surface area contributed by atoms with E-state index < -0.39 is 5.97 Å². The molecule has 16 heavy (non-hydrogen) atoms. The fraction of sp³-hybridized carbons (Fsp3) is 0. The van der Waals surface area contributed by atoms with Gasteiger partial charge in [0.1, 0.15) is 15.6 Å². The van der Waals surface area contributed by atoms with Crippen LogP contribution in [0.3, 0.4) is 0 Å². The van der Waals surface area contributed by atoms with Crippen molar-refractivity contribution in [3.63, 3.8) is 0 Å². The Morgan fingerprint density at radius 1 is 1.31 bits per heavy atom. The van der Waals surface area contributed by atoms with Crippen molar-refractivity contribution in [2.45, 2.75) is 0 Å². The summed E-state index contributed by atoms with van der Waals surface area (Å²) < 4.78 is 1.62. The van der Waals surface area contributed by atoms with Gasteiger partial charge < -0.3 is 5.11 Å². The Bertz CT molecular complexity index is 556. The van der Waals surface area contributed by atoms with Crippen LogP contribution in [0.1, 0.15) is 9.67 Å². The molecule has 0 aromatic carbocycles. The highest BCUT2D eigenvalue weighted by molar-refractivity contribution is 9.11. The van der Waals surface area contributed by atoms with Crippen molar-refractivity contribution in [2.75, 3.05) is 0 Å². The van der Waals surface area contributed by atoms with Crippen LogP contribution in [0.25, 0.3) is 10.7 Å². The number of aromatic carboxylic acids is 1. The van der Waals surface area contributed by atoms with Gasteiger partial charge in [-0.1, -0.05) is 0 Å². The number of carboxylic acid groups (broad SMARTS) is 1. The predicted octanol–water partition coefficient (Wildman–Crippen LogP) is 3.43. The van der Waals surface area contributed by atoms with Crippen molar-refractivity contribution in [1.82, 2.24) is 9.97 Å². The third-order valence-corrected chi connectivity index (χ3v) is 3.76. The van der Waals surface area contributed by atoms with Gasteiger partial charge in [-0.05, 0) is 37.9 Å². The zero-order valence-corrected chi connectivity index (χ0v) is 11.6. The predicted molar refractivity (Wildman–Crippen MR) is 67.7 cm³/mol. The van der Waals surface area contributed by atoms with E-state index >= 15 is 0 Å². The smallest absolute Gasteiger partial charge is 0.347 e. The average molecular weight is 364 g/mol. The summed E-state index contributed by atoms with van der Waals surface area (Å²) in [5.41, 5.74) is 0.640. The monoisotopic (exact) mass is 362 g/mol. The number of pyridine rings is 1. The van der Waals surface area contributed by atoms with Crippen LogP contribution in [0.2, 0.25) is 0 Å². The highest BCUT2D eigenvalue weighted by Crippen LogP contribution is 2.31. The van der Waals surface area contributed by atoms with Crippen molar-refractivity contribution in [2.24, 2.45) is 0 Å². The summed E-state index contributed by atoms with van der Waals surface area (Å²) >= 11 is 7.75. The number of hydrogen-bond donors (Lipinski definition) is 1. The van der Waals surface area contributed by atoms with Crippen LogP contribution in [0.5, 0.6) is 0 Å². The van der Waals surface area contributed by atoms with Crippen LogP contribution in [-0.4, -0.2) is 21.0 Å². The third kappa shape index (κ3) is 2.31. The second-order valence-corrected chi connectivity index (χ2v) is 5.62. The maximum absolute atomic E-state index is 10.7. The highest BCUT2D eigenvalue weighted by Gasteiger charge is 2.13. The first-order valence-electron chi connectivity index (χ1n) is 4.08. The van der Waals surface area contributed by atoms with E-state index in [0.29, 0.717) is 10.7 Å². The third-order valence-electron chi connectivity index (χ3n) is 1.73. The Balaban J connectivity index is 2.46. The number of rotatable bonds is 2. The molecule has 2 aromatic rings. The Kier molecular flexibility index (Phi) is 3.36. The van der Waals surface area contributed by atoms with Gasteiger partial charge in [0.2, 0.25) is 0 Å². The Labute approximate surface area is 112 Å². The largest absolute Gasteiger partial charge is 0.477 e. The van der Waals surface area contributed by atoms with Gasteiger partial charge in [-0.25, -0.2) is 9.78 Å². The Morgan fingerprint density at radius 2 is 2.06 bits per heavy atom. The maximum Gasteiger partial charge on any atom is 0.347 e. The number of carbonyl (C=O) groups is 1. The molecule has 4 nitrogen and oxygen atoms in total. The second-order valence-electron chi connectivity index (χ2n) is 2.82. The molecule has 0 spiro atoms. The summed E-state index contributed by atoms with van der Waals surface area (Å²) in [7, 11) is 0. The first kappa shape index (κ1) is 11.7. The first-order chi connectivity index (χ1) is 7.58. The minimum absolute atomic E-state index is 0.201. The minimum atomic E-state index is -0.975. The molecule has 0 radical (unpaired) electrons. The molecule has 82 valence electrons. The second kappa shape index (κ2) is 4.60. The molecule has 0 amide bonds. The molecule has 0 aliphatic heterocycles. The van der Waals surface area contributed by atoms with E-state index in [-0.39, 0.29) is 4.88 Å². The van der Waals surface area contributed by atoms with E-state index in [9.17, 15) is 4.79 Å². The van der Waals surface area contributed by atoms with Gasteiger partial charge in [-0.2, -0.15) is 0 Å². The summed E-state index contributed by atoms with van der Waals surface area (Å²) in [5.74, 6) is -0.975. The summed E-state index contributed by atoms with van der Waals surface area (Å²) in [6.07, 6.45) is 2.97. The fourth-order valence-corrected chi connectivity index (χ4v) is 3.13. The number of thiazole rings is 1. The summed E-state index contributed by atoms with van der Waals surface area (Å²) in [5, 5.41) is 9.37. The van der Waals surface area contributed by atoms with Crippen molar-refractivity contribution in [3.05, 3.63) is 32.3 Å². The number of nitrogens with zero attached hydrogens (tertiary/aromatic N) is 2. The lowest BCUT2D eigenvalue weighted by Crippen LogP contribution is -1.89. The van der Waals surface area contributed by atoms with Crippen LogP contribution in [0, 0.1) is 0 Å². The van der Waals surface area contributed by atoms with Gasteiger partial charge in [0.25, 0.3) is 0 Å². The Morgan fingerprint density at radius 3 is 2.62 bits per heavy atom. The molecule has 0 atom stereocenters. The van der Waals surface area contributed by atoms with E-state index in [4.69, 9.17) is 5.11 Å². The van der Waals surface area contributed by atoms with Crippen LogP contribution >= 0.6 is 43.2 Å². The molecule has 0 fully saturated rings. The lowest BCUT2D eigenvalue weighted by atomic mass is 10.4. The summed E-state index contributed by atoms with van der Waals surface area (Å²) in [6, 6.07) is 1.84. The van der Waals surface area contributed by atoms with Gasteiger partial charge in [0, 0.05) is 15.1 Å². The van der Waals surface area contributed by atoms with E-state index in [2.05, 4.69) is 41.8 Å². The van der Waals surface area contributed by atoms with Gasteiger partial charge >= 0.3 is 5.97 Å². The molecule has 2 heterocycles. The SMILES string of the molecule is O=C(O)c1cnc(-c2ncc(Br)cc2Br)s1. The van der Waals surface area contributed by atoms with Crippen LogP contribution in [-0.2, 0) is 0 Å². The molecule has 0 aliphatic carbocycles. The quantitative estimate of drug-likeness (QED) is 0.887. The van der Waals surface area contributed by atoms with E-state index in [1.54, 1.807) is 6.20 Å². The number of aromatic nitrogens is 2. The van der Waals surface area contributed by atoms with E-state index in [1.807, 2.05) is 6.07 Å². The molecule has 7 heteroatoms. The standard InChI is InChI=1S/C9H4Br2N2O2S/c10-4-1-5(11)7(12-2-4)8-13-3-6(16-8)9(14)15/h1-3H,(H,14,15). The van der Waals surface area contributed by atoms with Gasteiger partial charge in [0.15, 0.2) is 0 Å². The molecule has 0 saturated carbocycles. The lowest BCUT2D eigenvalue weighted by molar-refractivity contribution is 0.0702. The summed E-state index contributed by atoms with van der Waals surface area (Å²) in [6.45, 7) is 0. The maximum atomic E-state index is 10.7. The average Bonchev–Trinajstić information content (AvgIpc) is 2.66. The molecule has 2 aromatic heterocycles. The van der Waals surface area contributed by atoms with Gasteiger partial charge in [0.05, 0.1) is 6.20 Å². The lowest BCUT2D eigenvalue weighted by Gasteiger charge is -1.99. The molecule has 1 N–H and O–H groups in total. The summed E-state index contributed by atoms with van der Waals surface area (Å²) in [4.78, 5) is 19.1. The van der Waals surface area contributed by atoms with E-state index in [0.717, 1.165) is 20.3 Å². The van der Waals surface area contributed by atoms with Crippen LogP contribution < -0.4 is 0 Å². The van der Waals surface area contributed by atoms with Crippen molar-refractivity contribution < 1.29 is 9.90 Å². The van der Waals surface area contributed by atoms with Gasteiger partial charge in [-0.3, -0.25) is 4.98 Å². The minimum Gasteiger partial charge on any atom is -0.477 e. The molecular formula is C9H4Br2N2O2S. The fourth-order valence-electron chi connectivity index (χ4n) is 1.05. The van der Waals surface area contributed by atoms with Crippen molar-refractivity contribution in [3.8, 4) is 10.7 Å². The highest BCUT2D eigenvalue weighted by atomic mass is 79.9.